The Morgan fingerprint density at radius 1 is 1.05 bits per heavy atom. The highest BCUT2D eigenvalue weighted by molar-refractivity contribution is 9.10. The predicted molar refractivity (Wildman–Crippen MR) is 94.7 cm³/mol. The summed E-state index contributed by atoms with van der Waals surface area (Å²) < 4.78 is 1.17. The molecule has 0 radical (unpaired) electrons. The number of hydrogen-bond donors (Lipinski definition) is 0. The van der Waals surface area contributed by atoms with E-state index < -0.39 is 0 Å². The van der Waals surface area contributed by atoms with Crippen molar-refractivity contribution in [3.8, 4) is 0 Å². The van der Waals surface area contributed by atoms with Gasteiger partial charge in [-0.25, -0.2) is 0 Å². The molecule has 0 bridgehead atoms. The molecule has 20 heavy (non-hydrogen) atoms. The van der Waals surface area contributed by atoms with Crippen molar-refractivity contribution in [2.24, 2.45) is 5.92 Å². The number of alkyl halides is 1. The molecule has 0 aromatic heterocycles. The lowest BCUT2D eigenvalue weighted by Crippen LogP contribution is -2.06. The molecule has 0 saturated carbocycles. The Balaban J connectivity index is 2.16. The fourth-order valence-electron chi connectivity index (χ4n) is 2.62. The molecule has 114 valence electrons. The molecule has 1 aromatic carbocycles. The second kappa shape index (κ2) is 11.6. The lowest BCUT2D eigenvalue weighted by atomic mass is 9.95. The van der Waals surface area contributed by atoms with Crippen LogP contribution in [0.2, 0.25) is 0 Å². The van der Waals surface area contributed by atoms with E-state index in [0.717, 1.165) is 12.3 Å². The van der Waals surface area contributed by atoms with Gasteiger partial charge in [-0.05, 0) is 36.5 Å². The second-order valence-corrected chi connectivity index (χ2v) is 6.99. The van der Waals surface area contributed by atoms with E-state index in [9.17, 15) is 0 Å². The molecular formula is C18H28BrCl. The van der Waals surface area contributed by atoms with Gasteiger partial charge in [0.1, 0.15) is 0 Å². The monoisotopic (exact) mass is 358 g/mol. The van der Waals surface area contributed by atoms with Crippen LogP contribution in [0.25, 0.3) is 0 Å². The summed E-state index contributed by atoms with van der Waals surface area (Å²) in [5, 5.41) is 0. The van der Waals surface area contributed by atoms with Gasteiger partial charge < -0.3 is 0 Å². The first kappa shape index (κ1) is 18.0. The van der Waals surface area contributed by atoms with Crippen LogP contribution >= 0.6 is 27.5 Å². The van der Waals surface area contributed by atoms with E-state index in [1.807, 2.05) is 0 Å². The zero-order valence-corrected chi connectivity index (χ0v) is 15.1. The van der Waals surface area contributed by atoms with E-state index >= 15 is 0 Å². The average molecular weight is 360 g/mol. The van der Waals surface area contributed by atoms with Crippen LogP contribution in [0.15, 0.2) is 28.7 Å². The van der Waals surface area contributed by atoms with Crippen LogP contribution in [0.4, 0.5) is 0 Å². The normalized spacial score (nSPS) is 12.6. The minimum absolute atomic E-state index is 0.626. The van der Waals surface area contributed by atoms with E-state index in [1.54, 1.807) is 0 Å². The highest BCUT2D eigenvalue weighted by Crippen LogP contribution is 2.20. The summed E-state index contributed by atoms with van der Waals surface area (Å²) >= 11 is 9.66. The summed E-state index contributed by atoms with van der Waals surface area (Å²) in [5.41, 5.74) is 1.40. The Bertz CT molecular complexity index is 351. The summed E-state index contributed by atoms with van der Waals surface area (Å²) in [6.07, 6.45) is 12.0. The van der Waals surface area contributed by atoms with Crippen LogP contribution in [0.3, 0.4) is 0 Å². The van der Waals surface area contributed by atoms with Gasteiger partial charge in [-0.2, -0.15) is 0 Å². The summed E-state index contributed by atoms with van der Waals surface area (Å²) in [6.45, 7) is 2.27. The molecule has 1 unspecified atom stereocenters. The van der Waals surface area contributed by atoms with Crippen LogP contribution in [0.1, 0.15) is 63.9 Å². The first-order valence-electron chi connectivity index (χ1n) is 8.06. The van der Waals surface area contributed by atoms with Crippen molar-refractivity contribution >= 4 is 27.5 Å². The zero-order valence-electron chi connectivity index (χ0n) is 12.7. The lowest BCUT2D eigenvalue weighted by Gasteiger charge is -2.14. The van der Waals surface area contributed by atoms with Gasteiger partial charge >= 0.3 is 0 Å². The van der Waals surface area contributed by atoms with Gasteiger partial charge in [0.15, 0.2) is 0 Å². The lowest BCUT2D eigenvalue weighted by molar-refractivity contribution is 0.483. The molecule has 0 aliphatic carbocycles. The van der Waals surface area contributed by atoms with E-state index in [2.05, 4.69) is 47.1 Å². The molecule has 1 aromatic rings. The van der Waals surface area contributed by atoms with Gasteiger partial charge in [-0.3, -0.25) is 0 Å². The molecule has 0 fully saturated rings. The molecule has 1 atom stereocenters. The van der Waals surface area contributed by atoms with Gasteiger partial charge in [0.2, 0.25) is 0 Å². The SMILES string of the molecule is CCCCCCCCCC(CCl)Cc1cccc(Br)c1. The van der Waals surface area contributed by atoms with Gasteiger partial charge in [0, 0.05) is 10.4 Å². The Kier molecular flexibility index (Phi) is 10.5. The third-order valence-electron chi connectivity index (χ3n) is 3.85. The summed E-state index contributed by atoms with van der Waals surface area (Å²) in [6, 6.07) is 8.60. The first-order valence-corrected chi connectivity index (χ1v) is 9.39. The largest absolute Gasteiger partial charge is 0.126 e. The molecule has 1 rings (SSSR count). The van der Waals surface area contributed by atoms with Gasteiger partial charge in [-0.15, -0.1) is 11.6 Å². The van der Waals surface area contributed by atoms with Crippen molar-refractivity contribution in [2.75, 3.05) is 5.88 Å². The van der Waals surface area contributed by atoms with Crippen LogP contribution < -0.4 is 0 Å². The van der Waals surface area contributed by atoms with Crippen LogP contribution in [-0.4, -0.2) is 5.88 Å². The highest BCUT2D eigenvalue weighted by atomic mass is 79.9. The van der Waals surface area contributed by atoms with Crippen molar-refractivity contribution in [2.45, 2.75) is 64.7 Å². The third kappa shape index (κ3) is 8.32. The van der Waals surface area contributed by atoms with E-state index in [4.69, 9.17) is 11.6 Å². The van der Waals surface area contributed by atoms with E-state index in [-0.39, 0.29) is 0 Å². The molecule has 0 nitrogen and oxygen atoms in total. The first-order chi connectivity index (χ1) is 9.76. The quantitative estimate of drug-likeness (QED) is 0.295. The fraction of sp³-hybridized carbons (Fsp3) is 0.667. The van der Waals surface area contributed by atoms with Crippen molar-refractivity contribution in [3.63, 3.8) is 0 Å². The molecule has 0 saturated heterocycles. The van der Waals surface area contributed by atoms with Gasteiger partial charge in [-0.1, -0.05) is 79.9 Å². The maximum Gasteiger partial charge on any atom is 0.0254 e. The van der Waals surface area contributed by atoms with E-state index in [1.165, 1.54) is 61.4 Å². The minimum atomic E-state index is 0.626. The summed E-state index contributed by atoms with van der Waals surface area (Å²) in [5.74, 6) is 1.41. The minimum Gasteiger partial charge on any atom is -0.126 e. The Hall–Kier alpha value is -0.0100. The Labute approximate surface area is 138 Å². The van der Waals surface area contributed by atoms with E-state index in [0.29, 0.717) is 5.92 Å². The molecule has 0 N–H and O–H groups in total. The topological polar surface area (TPSA) is 0 Å². The molecule has 0 aliphatic rings. The van der Waals surface area contributed by atoms with Gasteiger partial charge in [0.05, 0.1) is 0 Å². The number of rotatable bonds is 11. The smallest absolute Gasteiger partial charge is 0.0254 e. The molecular weight excluding hydrogens is 332 g/mol. The Morgan fingerprint density at radius 2 is 1.75 bits per heavy atom. The van der Waals surface area contributed by atoms with Crippen molar-refractivity contribution in [3.05, 3.63) is 34.3 Å². The second-order valence-electron chi connectivity index (χ2n) is 5.76. The third-order valence-corrected chi connectivity index (χ3v) is 4.78. The molecule has 0 aliphatic heterocycles. The van der Waals surface area contributed by atoms with Crippen LogP contribution in [0.5, 0.6) is 0 Å². The fourth-order valence-corrected chi connectivity index (χ4v) is 3.33. The molecule has 2 heteroatoms. The predicted octanol–water partition coefficient (Wildman–Crippen LogP) is 6.99. The average Bonchev–Trinajstić information content (AvgIpc) is 2.45. The van der Waals surface area contributed by atoms with Crippen molar-refractivity contribution < 1.29 is 0 Å². The van der Waals surface area contributed by atoms with Crippen LogP contribution in [-0.2, 0) is 6.42 Å². The Morgan fingerprint density at radius 3 is 2.40 bits per heavy atom. The summed E-state index contributed by atoms with van der Waals surface area (Å²) in [4.78, 5) is 0. The highest BCUT2D eigenvalue weighted by Gasteiger charge is 2.08. The summed E-state index contributed by atoms with van der Waals surface area (Å²) in [7, 11) is 0. The standard InChI is InChI=1S/C18H28BrCl/c1-2-3-4-5-6-7-8-10-17(15-20)13-16-11-9-12-18(19)14-16/h9,11-12,14,17H,2-8,10,13,15H2,1H3. The number of halogens is 2. The van der Waals surface area contributed by atoms with Crippen LogP contribution in [0, 0.1) is 5.92 Å². The maximum atomic E-state index is 6.13. The number of benzene rings is 1. The molecule has 0 amide bonds. The van der Waals surface area contributed by atoms with Gasteiger partial charge in [0.25, 0.3) is 0 Å². The number of unbranched alkanes of at least 4 members (excludes halogenated alkanes) is 6. The number of hydrogen-bond acceptors (Lipinski definition) is 0. The maximum absolute atomic E-state index is 6.13. The molecule has 0 heterocycles. The zero-order chi connectivity index (χ0) is 14.6. The van der Waals surface area contributed by atoms with Crippen molar-refractivity contribution in [1.29, 1.82) is 0 Å². The van der Waals surface area contributed by atoms with Crippen molar-refractivity contribution in [1.82, 2.24) is 0 Å². The molecule has 0 spiro atoms.